The van der Waals surface area contributed by atoms with Gasteiger partial charge in [0.1, 0.15) is 6.61 Å². The lowest BCUT2D eigenvalue weighted by Gasteiger charge is -2.27. The number of carbonyl (C=O) groups is 2. The van der Waals surface area contributed by atoms with E-state index in [0.717, 1.165) is 25.1 Å². The molecule has 2 aromatic rings. The lowest BCUT2D eigenvalue weighted by atomic mass is 9.87. The third kappa shape index (κ3) is 5.66. The van der Waals surface area contributed by atoms with Gasteiger partial charge in [-0.2, -0.15) is 5.10 Å². The summed E-state index contributed by atoms with van der Waals surface area (Å²) in [7, 11) is 3.55. The zero-order valence-electron chi connectivity index (χ0n) is 20.1. The van der Waals surface area contributed by atoms with Crippen molar-refractivity contribution < 1.29 is 24.2 Å². The largest absolute Gasteiger partial charge is 0.487 e. The second-order valence-electron chi connectivity index (χ2n) is 9.31. The van der Waals surface area contributed by atoms with E-state index in [2.05, 4.69) is 10.1 Å². The molecule has 2 aromatic heterocycles. The van der Waals surface area contributed by atoms with E-state index in [0.29, 0.717) is 48.0 Å². The number of carboxylic acids is 1. The summed E-state index contributed by atoms with van der Waals surface area (Å²) in [5, 5.41) is 13.7. The van der Waals surface area contributed by atoms with E-state index < -0.39 is 5.97 Å². The number of rotatable bonds is 9. The molecule has 2 fully saturated rings. The number of carbonyl (C=O) groups excluding carboxylic acids is 1. The minimum absolute atomic E-state index is 0.0708. The summed E-state index contributed by atoms with van der Waals surface area (Å²) in [6.07, 6.45) is 8.61. The van der Waals surface area contributed by atoms with Gasteiger partial charge >= 0.3 is 12.1 Å². The fourth-order valence-electron chi connectivity index (χ4n) is 4.37. The van der Waals surface area contributed by atoms with Crippen molar-refractivity contribution in [3.8, 4) is 17.1 Å². The first-order valence-corrected chi connectivity index (χ1v) is 12.0. The molecule has 2 saturated carbocycles. The predicted molar refractivity (Wildman–Crippen MR) is 123 cm³/mol. The molecule has 184 valence electrons. The van der Waals surface area contributed by atoms with E-state index in [9.17, 15) is 14.7 Å². The molecule has 0 spiro atoms. The molecule has 1 N–H and O–H groups in total. The van der Waals surface area contributed by atoms with Gasteiger partial charge in [-0.1, -0.05) is 6.92 Å². The predicted octanol–water partition coefficient (Wildman–Crippen LogP) is 3.44. The molecule has 34 heavy (non-hydrogen) atoms. The lowest BCUT2D eigenvalue weighted by Crippen LogP contribution is -2.30. The fourth-order valence-corrected chi connectivity index (χ4v) is 4.37. The van der Waals surface area contributed by atoms with Crippen molar-refractivity contribution in [3.63, 3.8) is 0 Å². The zero-order valence-corrected chi connectivity index (χ0v) is 20.1. The van der Waals surface area contributed by atoms with Gasteiger partial charge in [0.15, 0.2) is 11.6 Å². The minimum Gasteiger partial charge on any atom is -0.487 e. The normalized spacial score (nSPS) is 20.1. The van der Waals surface area contributed by atoms with Crippen LogP contribution in [-0.4, -0.2) is 61.5 Å². The Balaban J connectivity index is 1.46. The van der Waals surface area contributed by atoms with Crippen LogP contribution in [0.15, 0.2) is 12.4 Å². The molecule has 2 atom stereocenters. The Hall–Kier alpha value is -3.17. The molecule has 0 radical (unpaired) electrons. The summed E-state index contributed by atoms with van der Waals surface area (Å²) < 4.78 is 13.3. The van der Waals surface area contributed by atoms with E-state index in [4.69, 9.17) is 14.5 Å². The summed E-state index contributed by atoms with van der Waals surface area (Å²) in [5.74, 6) is 0.532. The van der Waals surface area contributed by atoms with Crippen LogP contribution < -0.4 is 4.74 Å². The van der Waals surface area contributed by atoms with E-state index >= 15 is 0 Å². The van der Waals surface area contributed by atoms with Crippen LogP contribution in [0.2, 0.25) is 0 Å². The Morgan fingerprint density at radius 1 is 1.24 bits per heavy atom. The topological polar surface area (TPSA) is 120 Å². The number of hydrogen-bond donors (Lipinski definition) is 1. The Morgan fingerprint density at radius 3 is 2.74 bits per heavy atom. The molecular formula is C24H33N5O5. The fraction of sp³-hybridized carbons (Fsp3) is 0.625. The molecule has 2 aliphatic carbocycles. The minimum atomic E-state index is -0.765. The third-order valence-electron chi connectivity index (χ3n) is 6.61. The van der Waals surface area contributed by atoms with Crippen LogP contribution in [0.25, 0.3) is 11.4 Å². The highest BCUT2D eigenvalue weighted by molar-refractivity contribution is 5.70. The van der Waals surface area contributed by atoms with Crippen molar-refractivity contribution in [3.05, 3.63) is 23.8 Å². The number of nitrogens with zero attached hydrogens (tertiary/aromatic N) is 5. The average molecular weight is 472 g/mol. The van der Waals surface area contributed by atoms with Crippen LogP contribution in [0.1, 0.15) is 56.8 Å². The number of hydrogen-bond acceptors (Lipinski definition) is 7. The standard InChI is InChI=1S/C24H33N5O5/c1-4-19-21(34-17-7-5-6-16(10-17)23(30)31)12-25-22(27-19)18-11-26-29(3)20(18)14-33-24(32)28(2)13-15-8-9-15/h11-12,15-17H,4-10,13-14H2,1-3H3,(H,30,31)/t16-,17-/m0/s1. The van der Waals surface area contributed by atoms with Gasteiger partial charge in [-0.3, -0.25) is 9.48 Å². The number of aromatic nitrogens is 4. The number of amides is 1. The van der Waals surface area contributed by atoms with Gasteiger partial charge < -0.3 is 19.5 Å². The monoisotopic (exact) mass is 471 g/mol. The molecule has 10 nitrogen and oxygen atoms in total. The van der Waals surface area contributed by atoms with Crippen LogP contribution in [-0.2, 0) is 29.6 Å². The molecule has 2 aliphatic rings. The highest BCUT2D eigenvalue weighted by Crippen LogP contribution is 2.31. The summed E-state index contributed by atoms with van der Waals surface area (Å²) in [4.78, 5) is 34.5. The highest BCUT2D eigenvalue weighted by atomic mass is 16.6. The summed E-state index contributed by atoms with van der Waals surface area (Å²) in [5.41, 5.74) is 2.16. The SMILES string of the molecule is CCc1nc(-c2cnn(C)c2COC(=O)N(C)CC2CC2)ncc1O[C@H]1CCC[C@H](C(=O)O)C1. The van der Waals surface area contributed by atoms with E-state index in [1.807, 2.05) is 6.92 Å². The first kappa shape index (κ1) is 24.0. The molecule has 0 bridgehead atoms. The summed E-state index contributed by atoms with van der Waals surface area (Å²) >= 11 is 0. The van der Waals surface area contributed by atoms with Crippen LogP contribution in [0, 0.1) is 11.8 Å². The van der Waals surface area contributed by atoms with Crippen molar-refractivity contribution in [2.24, 2.45) is 18.9 Å². The Bertz CT molecular complexity index is 1030. The number of carboxylic acid groups (broad SMARTS) is 1. The smallest absolute Gasteiger partial charge is 0.409 e. The molecule has 10 heteroatoms. The van der Waals surface area contributed by atoms with Crippen LogP contribution in [0.5, 0.6) is 5.75 Å². The van der Waals surface area contributed by atoms with Crippen molar-refractivity contribution in [1.82, 2.24) is 24.6 Å². The molecule has 4 rings (SSSR count). The molecule has 2 heterocycles. The second-order valence-corrected chi connectivity index (χ2v) is 9.31. The van der Waals surface area contributed by atoms with Gasteiger partial charge in [0.05, 0.1) is 41.4 Å². The quantitative estimate of drug-likeness (QED) is 0.591. The maximum absolute atomic E-state index is 12.3. The molecule has 0 aromatic carbocycles. The maximum Gasteiger partial charge on any atom is 0.409 e. The van der Waals surface area contributed by atoms with Gasteiger partial charge in [0.25, 0.3) is 0 Å². The van der Waals surface area contributed by atoms with E-state index in [-0.39, 0.29) is 24.7 Å². The van der Waals surface area contributed by atoms with Crippen molar-refractivity contribution in [1.29, 1.82) is 0 Å². The number of aryl methyl sites for hydroxylation is 2. The average Bonchev–Trinajstić information content (AvgIpc) is 3.57. The van der Waals surface area contributed by atoms with E-state index in [1.54, 1.807) is 36.1 Å². The Morgan fingerprint density at radius 2 is 2.03 bits per heavy atom. The lowest BCUT2D eigenvalue weighted by molar-refractivity contribution is -0.143. The zero-order chi connectivity index (χ0) is 24.2. The van der Waals surface area contributed by atoms with Crippen LogP contribution in [0.3, 0.4) is 0 Å². The number of aliphatic carboxylic acids is 1. The highest BCUT2D eigenvalue weighted by Gasteiger charge is 2.29. The van der Waals surface area contributed by atoms with Crippen molar-refractivity contribution in [2.75, 3.05) is 13.6 Å². The maximum atomic E-state index is 12.3. The summed E-state index contributed by atoms with van der Waals surface area (Å²) in [6, 6.07) is 0. The van der Waals surface area contributed by atoms with Crippen molar-refractivity contribution in [2.45, 2.75) is 64.6 Å². The Labute approximate surface area is 199 Å². The van der Waals surface area contributed by atoms with Gasteiger partial charge in [-0.05, 0) is 50.9 Å². The first-order valence-electron chi connectivity index (χ1n) is 12.0. The summed E-state index contributed by atoms with van der Waals surface area (Å²) in [6.45, 7) is 2.78. The molecular weight excluding hydrogens is 438 g/mol. The number of ether oxygens (including phenoxy) is 2. The second kappa shape index (κ2) is 10.4. The van der Waals surface area contributed by atoms with Gasteiger partial charge in [0.2, 0.25) is 0 Å². The molecule has 1 amide bonds. The third-order valence-corrected chi connectivity index (χ3v) is 6.61. The van der Waals surface area contributed by atoms with E-state index in [1.165, 1.54) is 12.8 Å². The van der Waals surface area contributed by atoms with Gasteiger partial charge in [-0.15, -0.1) is 0 Å². The molecule has 0 aliphatic heterocycles. The van der Waals surface area contributed by atoms with Gasteiger partial charge in [0, 0.05) is 20.6 Å². The van der Waals surface area contributed by atoms with Crippen LogP contribution in [0.4, 0.5) is 4.79 Å². The molecule has 0 saturated heterocycles. The van der Waals surface area contributed by atoms with Crippen LogP contribution >= 0.6 is 0 Å². The first-order chi connectivity index (χ1) is 16.4. The van der Waals surface area contributed by atoms with Gasteiger partial charge in [-0.25, -0.2) is 14.8 Å². The molecule has 0 unspecified atom stereocenters. The Kier molecular flexibility index (Phi) is 7.33. The van der Waals surface area contributed by atoms with Crippen molar-refractivity contribution >= 4 is 12.1 Å².